The Hall–Kier alpha value is -1.61. The number of thiophene rings is 1. The second-order valence-corrected chi connectivity index (χ2v) is 5.32. The summed E-state index contributed by atoms with van der Waals surface area (Å²) in [6.45, 7) is 2.94. The molecular formula is C16H19NOS. The van der Waals surface area contributed by atoms with Crippen molar-refractivity contribution in [2.45, 2.75) is 26.2 Å². The molecule has 0 spiro atoms. The minimum absolute atomic E-state index is 0.179. The number of benzene rings is 1. The summed E-state index contributed by atoms with van der Waals surface area (Å²) < 4.78 is 0. The normalized spacial score (nSPS) is 10.4. The molecule has 0 unspecified atom stereocenters. The van der Waals surface area contributed by atoms with Crippen LogP contribution >= 0.6 is 11.3 Å². The predicted molar refractivity (Wildman–Crippen MR) is 81.7 cm³/mol. The highest BCUT2D eigenvalue weighted by molar-refractivity contribution is 7.08. The second kappa shape index (κ2) is 7.10. The van der Waals surface area contributed by atoms with E-state index in [-0.39, 0.29) is 5.91 Å². The van der Waals surface area contributed by atoms with Crippen molar-refractivity contribution in [3.63, 3.8) is 0 Å². The largest absolute Gasteiger partial charge is 0.312 e. The van der Waals surface area contributed by atoms with Gasteiger partial charge in [-0.05, 0) is 40.9 Å². The monoisotopic (exact) mass is 273 g/mol. The summed E-state index contributed by atoms with van der Waals surface area (Å²) in [5, 5.41) is 4.06. The van der Waals surface area contributed by atoms with E-state index in [1.165, 1.54) is 0 Å². The number of para-hydroxylation sites is 1. The van der Waals surface area contributed by atoms with Crippen molar-refractivity contribution in [3.05, 3.63) is 52.7 Å². The van der Waals surface area contributed by atoms with Gasteiger partial charge in [-0.3, -0.25) is 4.79 Å². The summed E-state index contributed by atoms with van der Waals surface area (Å²) in [4.78, 5) is 14.4. The molecule has 0 radical (unpaired) electrons. The number of carbonyl (C=O) groups excluding carboxylic acids is 1. The number of carbonyl (C=O) groups is 1. The van der Waals surface area contributed by atoms with E-state index in [9.17, 15) is 4.79 Å². The van der Waals surface area contributed by atoms with Gasteiger partial charge in [0.1, 0.15) is 0 Å². The molecule has 0 aliphatic rings. The average molecular weight is 273 g/mol. The average Bonchev–Trinajstić information content (AvgIpc) is 2.93. The number of unbranched alkanes of at least 4 members (excludes halogenated alkanes) is 1. The summed E-state index contributed by atoms with van der Waals surface area (Å²) >= 11 is 1.64. The van der Waals surface area contributed by atoms with Gasteiger partial charge in [0.05, 0.1) is 6.42 Å². The topological polar surface area (TPSA) is 20.3 Å². The predicted octanol–water partition coefficient (Wildman–Crippen LogP) is 4.12. The fourth-order valence-corrected chi connectivity index (χ4v) is 2.65. The molecule has 1 heterocycles. The van der Waals surface area contributed by atoms with E-state index < -0.39 is 0 Å². The fourth-order valence-electron chi connectivity index (χ4n) is 1.99. The molecule has 0 atom stereocenters. The highest BCUT2D eigenvalue weighted by Gasteiger charge is 2.15. The number of amides is 1. The molecule has 0 N–H and O–H groups in total. The van der Waals surface area contributed by atoms with Crippen LogP contribution in [0.25, 0.3) is 0 Å². The van der Waals surface area contributed by atoms with E-state index in [0.717, 1.165) is 30.6 Å². The molecule has 1 aromatic heterocycles. The first-order valence-corrected chi connectivity index (χ1v) is 7.62. The van der Waals surface area contributed by atoms with E-state index in [0.29, 0.717) is 6.42 Å². The minimum atomic E-state index is 0.179. The smallest absolute Gasteiger partial charge is 0.231 e. The summed E-state index contributed by atoms with van der Waals surface area (Å²) in [5.74, 6) is 0.179. The molecule has 2 aromatic rings. The lowest BCUT2D eigenvalue weighted by Crippen LogP contribution is -2.33. The number of rotatable bonds is 6. The van der Waals surface area contributed by atoms with Crippen LogP contribution in [0.4, 0.5) is 5.69 Å². The quantitative estimate of drug-likeness (QED) is 0.775. The lowest BCUT2D eigenvalue weighted by atomic mass is 10.2. The van der Waals surface area contributed by atoms with Crippen LogP contribution in [0.15, 0.2) is 47.2 Å². The number of hydrogen-bond acceptors (Lipinski definition) is 2. The van der Waals surface area contributed by atoms with Crippen molar-refractivity contribution in [3.8, 4) is 0 Å². The molecular weight excluding hydrogens is 254 g/mol. The highest BCUT2D eigenvalue weighted by Crippen LogP contribution is 2.17. The third-order valence-corrected chi connectivity index (χ3v) is 3.77. The second-order valence-electron chi connectivity index (χ2n) is 4.54. The molecule has 100 valence electrons. The van der Waals surface area contributed by atoms with Gasteiger partial charge in [-0.2, -0.15) is 11.3 Å². The molecule has 2 rings (SSSR count). The molecule has 0 fully saturated rings. The third kappa shape index (κ3) is 3.93. The van der Waals surface area contributed by atoms with Gasteiger partial charge in [0.25, 0.3) is 0 Å². The van der Waals surface area contributed by atoms with Gasteiger partial charge < -0.3 is 4.90 Å². The van der Waals surface area contributed by atoms with E-state index in [2.05, 4.69) is 6.92 Å². The summed E-state index contributed by atoms with van der Waals surface area (Å²) in [7, 11) is 0. The van der Waals surface area contributed by atoms with Crippen molar-refractivity contribution < 1.29 is 4.79 Å². The van der Waals surface area contributed by atoms with Crippen LogP contribution in [-0.2, 0) is 11.2 Å². The maximum absolute atomic E-state index is 12.4. The first kappa shape index (κ1) is 13.8. The first-order valence-electron chi connectivity index (χ1n) is 6.67. The number of nitrogens with zero attached hydrogens (tertiary/aromatic N) is 1. The van der Waals surface area contributed by atoms with Crippen molar-refractivity contribution in [2.75, 3.05) is 11.4 Å². The fraction of sp³-hybridized carbons (Fsp3) is 0.312. The molecule has 19 heavy (non-hydrogen) atoms. The van der Waals surface area contributed by atoms with Gasteiger partial charge in [-0.25, -0.2) is 0 Å². The van der Waals surface area contributed by atoms with Crippen LogP contribution in [0.2, 0.25) is 0 Å². The molecule has 0 aliphatic carbocycles. The van der Waals surface area contributed by atoms with Gasteiger partial charge in [-0.15, -0.1) is 0 Å². The molecule has 2 nitrogen and oxygen atoms in total. The molecule has 0 aliphatic heterocycles. The lowest BCUT2D eigenvalue weighted by Gasteiger charge is -2.22. The van der Waals surface area contributed by atoms with Gasteiger partial charge >= 0.3 is 0 Å². The Morgan fingerprint density at radius 2 is 2.00 bits per heavy atom. The Balaban J connectivity index is 2.10. The Labute approximate surface area is 118 Å². The van der Waals surface area contributed by atoms with Crippen LogP contribution in [0.1, 0.15) is 25.3 Å². The van der Waals surface area contributed by atoms with E-state index >= 15 is 0 Å². The van der Waals surface area contributed by atoms with Gasteiger partial charge in [0.15, 0.2) is 0 Å². The Bertz CT molecular complexity index is 493. The van der Waals surface area contributed by atoms with Crippen LogP contribution < -0.4 is 4.90 Å². The maximum atomic E-state index is 12.4. The molecule has 0 saturated heterocycles. The Morgan fingerprint density at radius 1 is 1.21 bits per heavy atom. The van der Waals surface area contributed by atoms with E-state index in [1.807, 2.05) is 52.1 Å². The zero-order valence-electron chi connectivity index (χ0n) is 11.2. The van der Waals surface area contributed by atoms with Crippen molar-refractivity contribution >= 4 is 22.9 Å². The Kier molecular flexibility index (Phi) is 5.16. The SMILES string of the molecule is CCCCN(C(=O)Cc1ccsc1)c1ccccc1. The molecule has 1 amide bonds. The maximum Gasteiger partial charge on any atom is 0.231 e. The van der Waals surface area contributed by atoms with E-state index in [4.69, 9.17) is 0 Å². The Morgan fingerprint density at radius 3 is 2.63 bits per heavy atom. The molecule has 0 bridgehead atoms. The number of hydrogen-bond donors (Lipinski definition) is 0. The van der Waals surface area contributed by atoms with Gasteiger partial charge in [-0.1, -0.05) is 31.5 Å². The minimum Gasteiger partial charge on any atom is -0.312 e. The third-order valence-electron chi connectivity index (χ3n) is 3.04. The zero-order valence-corrected chi connectivity index (χ0v) is 12.0. The summed E-state index contributed by atoms with van der Waals surface area (Å²) in [6.07, 6.45) is 2.61. The summed E-state index contributed by atoms with van der Waals surface area (Å²) in [6, 6.07) is 12.0. The van der Waals surface area contributed by atoms with Crippen LogP contribution in [0, 0.1) is 0 Å². The standard InChI is InChI=1S/C16H19NOS/c1-2-3-10-17(15-7-5-4-6-8-15)16(18)12-14-9-11-19-13-14/h4-9,11,13H,2-3,10,12H2,1H3. The molecule has 0 saturated carbocycles. The van der Waals surface area contributed by atoms with Crippen molar-refractivity contribution in [1.82, 2.24) is 0 Å². The molecule has 3 heteroatoms. The van der Waals surface area contributed by atoms with Crippen LogP contribution in [0.5, 0.6) is 0 Å². The summed E-state index contributed by atoms with van der Waals surface area (Å²) in [5.41, 5.74) is 2.10. The highest BCUT2D eigenvalue weighted by atomic mass is 32.1. The molecule has 1 aromatic carbocycles. The van der Waals surface area contributed by atoms with Crippen molar-refractivity contribution in [1.29, 1.82) is 0 Å². The van der Waals surface area contributed by atoms with Gasteiger partial charge in [0.2, 0.25) is 5.91 Å². The zero-order chi connectivity index (χ0) is 13.5. The van der Waals surface area contributed by atoms with Crippen LogP contribution in [0.3, 0.4) is 0 Å². The first-order chi connectivity index (χ1) is 9.31. The van der Waals surface area contributed by atoms with E-state index in [1.54, 1.807) is 11.3 Å². The van der Waals surface area contributed by atoms with Crippen LogP contribution in [-0.4, -0.2) is 12.5 Å². The lowest BCUT2D eigenvalue weighted by molar-refractivity contribution is -0.118. The number of anilines is 1. The van der Waals surface area contributed by atoms with Crippen molar-refractivity contribution in [2.24, 2.45) is 0 Å². The van der Waals surface area contributed by atoms with Gasteiger partial charge in [0, 0.05) is 12.2 Å².